The van der Waals surface area contributed by atoms with Gasteiger partial charge in [0, 0.05) is 16.1 Å². The van der Waals surface area contributed by atoms with Crippen LogP contribution >= 0.6 is 15.9 Å². The molecule has 1 aromatic rings. The zero-order chi connectivity index (χ0) is 14.7. The van der Waals surface area contributed by atoms with E-state index in [2.05, 4.69) is 21.2 Å². The molecule has 2 rings (SSSR count). The van der Waals surface area contributed by atoms with Gasteiger partial charge in [-0.3, -0.25) is 4.79 Å². The fourth-order valence-electron chi connectivity index (χ4n) is 3.09. The number of nitrogens with two attached hydrogens (primary N) is 1. The molecule has 2 atom stereocenters. The molecule has 4 heteroatoms. The van der Waals surface area contributed by atoms with E-state index in [1.165, 1.54) is 6.42 Å². The lowest BCUT2D eigenvalue weighted by molar-refractivity contribution is -0.122. The zero-order valence-corrected chi connectivity index (χ0v) is 13.8. The molecule has 110 valence electrons. The summed E-state index contributed by atoms with van der Waals surface area (Å²) >= 11 is 3.55. The topological polar surface area (TPSA) is 55.1 Å². The lowest BCUT2D eigenvalue weighted by atomic mass is 9.78. The van der Waals surface area contributed by atoms with Gasteiger partial charge in [-0.25, -0.2) is 0 Å². The second kappa shape index (κ2) is 6.72. The van der Waals surface area contributed by atoms with Crippen LogP contribution in [-0.2, 0) is 4.79 Å². The second-order valence-corrected chi connectivity index (χ2v) is 6.59. The molecular weight excluding hydrogens is 316 g/mol. The van der Waals surface area contributed by atoms with Crippen molar-refractivity contribution < 1.29 is 4.79 Å². The Morgan fingerprint density at radius 1 is 1.30 bits per heavy atom. The Balaban J connectivity index is 2.11. The molecule has 0 heterocycles. The van der Waals surface area contributed by atoms with Gasteiger partial charge in [-0.05, 0) is 62.4 Å². The quantitative estimate of drug-likeness (QED) is 0.881. The fourth-order valence-corrected chi connectivity index (χ4v) is 3.32. The van der Waals surface area contributed by atoms with Crippen molar-refractivity contribution in [2.24, 2.45) is 17.6 Å². The van der Waals surface area contributed by atoms with Crippen molar-refractivity contribution >= 4 is 27.5 Å². The van der Waals surface area contributed by atoms with Crippen molar-refractivity contribution in [2.75, 3.05) is 11.9 Å². The van der Waals surface area contributed by atoms with Gasteiger partial charge in [-0.1, -0.05) is 28.8 Å². The third-order valence-corrected chi connectivity index (χ3v) is 5.50. The molecule has 1 saturated carbocycles. The molecule has 3 nitrogen and oxygen atoms in total. The smallest absolute Gasteiger partial charge is 0.227 e. The number of rotatable bonds is 3. The molecule has 2 unspecified atom stereocenters. The highest BCUT2D eigenvalue weighted by Crippen LogP contribution is 2.31. The average Bonchev–Trinajstić information content (AvgIpc) is 2.44. The van der Waals surface area contributed by atoms with Crippen LogP contribution in [0, 0.1) is 25.7 Å². The summed E-state index contributed by atoms with van der Waals surface area (Å²) in [5.41, 5.74) is 8.97. The summed E-state index contributed by atoms with van der Waals surface area (Å²) in [5.74, 6) is 0.528. The molecule has 0 aromatic heterocycles. The summed E-state index contributed by atoms with van der Waals surface area (Å²) in [7, 11) is 0. The van der Waals surface area contributed by atoms with E-state index >= 15 is 0 Å². The normalized spacial score (nSPS) is 22.6. The standard InChI is InChI=1S/C16H23BrN2O/c1-10-7-13(8-11(2)15(10)17)19-16(20)14-6-4-3-5-12(14)9-18/h7-8,12,14H,3-6,9,18H2,1-2H3,(H,19,20). The molecular formula is C16H23BrN2O. The van der Waals surface area contributed by atoms with Gasteiger partial charge in [0.05, 0.1) is 0 Å². The molecule has 0 saturated heterocycles. The Bertz CT molecular complexity index is 478. The monoisotopic (exact) mass is 338 g/mol. The molecule has 1 fully saturated rings. The number of carbonyl (C=O) groups is 1. The van der Waals surface area contributed by atoms with Crippen molar-refractivity contribution in [1.29, 1.82) is 0 Å². The van der Waals surface area contributed by atoms with E-state index in [4.69, 9.17) is 5.73 Å². The lowest BCUT2D eigenvalue weighted by Crippen LogP contribution is -2.35. The maximum Gasteiger partial charge on any atom is 0.227 e. The predicted octanol–water partition coefficient (Wildman–Crippen LogP) is 3.77. The third kappa shape index (κ3) is 3.41. The van der Waals surface area contributed by atoms with Gasteiger partial charge in [0.2, 0.25) is 5.91 Å². The highest BCUT2D eigenvalue weighted by Gasteiger charge is 2.29. The Kier molecular flexibility index (Phi) is 5.22. The first-order valence-electron chi connectivity index (χ1n) is 7.30. The molecule has 1 aliphatic rings. The lowest BCUT2D eigenvalue weighted by Gasteiger charge is -2.29. The molecule has 1 aliphatic carbocycles. The minimum Gasteiger partial charge on any atom is -0.330 e. The maximum absolute atomic E-state index is 12.5. The Morgan fingerprint density at radius 2 is 1.90 bits per heavy atom. The van der Waals surface area contributed by atoms with Crippen molar-refractivity contribution in [3.05, 3.63) is 27.7 Å². The molecule has 0 spiro atoms. The highest BCUT2D eigenvalue weighted by molar-refractivity contribution is 9.10. The SMILES string of the molecule is Cc1cc(NC(=O)C2CCCCC2CN)cc(C)c1Br. The molecule has 0 radical (unpaired) electrons. The van der Waals surface area contributed by atoms with Crippen LogP contribution in [0.1, 0.15) is 36.8 Å². The van der Waals surface area contributed by atoms with E-state index in [1.54, 1.807) is 0 Å². The largest absolute Gasteiger partial charge is 0.330 e. The van der Waals surface area contributed by atoms with E-state index in [0.29, 0.717) is 12.5 Å². The molecule has 3 N–H and O–H groups in total. The number of carbonyl (C=O) groups excluding carboxylic acids is 1. The first-order valence-corrected chi connectivity index (χ1v) is 8.10. The van der Waals surface area contributed by atoms with Gasteiger partial charge in [0.15, 0.2) is 0 Å². The Hall–Kier alpha value is -0.870. The Labute approximate surface area is 129 Å². The molecule has 1 aromatic carbocycles. The number of nitrogens with one attached hydrogen (secondary N) is 1. The first-order chi connectivity index (χ1) is 9.52. The third-order valence-electron chi connectivity index (χ3n) is 4.25. The van der Waals surface area contributed by atoms with Crippen LogP contribution in [0.4, 0.5) is 5.69 Å². The predicted molar refractivity (Wildman–Crippen MR) is 86.7 cm³/mol. The van der Waals surface area contributed by atoms with Crippen LogP contribution in [0.3, 0.4) is 0 Å². The van der Waals surface area contributed by atoms with E-state index < -0.39 is 0 Å². The maximum atomic E-state index is 12.5. The fraction of sp³-hybridized carbons (Fsp3) is 0.562. The van der Waals surface area contributed by atoms with Gasteiger partial charge in [-0.2, -0.15) is 0 Å². The number of hydrogen-bond donors (Lipinski definition) is 2. The summed E-state index contributed by atoms with van der Waals surface area (Å²) in [5, 5.41) is 3.07. The van der Waals surface area contributed by atoms with Gasteiger partial charge in [-0.15, -0.1) is 0 Å². The number of halogens is 1. The van der Waals surface area contributed by atoms with Crippen LogP contribution in [0.2, 0.25) is 0 Å². The van der Waals surface area contributed by atoms with Crippen molar-refractivity contribution in [2.45, 2.75) is 39.5 Å². The summed E-state index contributed by atoms with van der Waals surface area (Å²) in [4.78, 5) is 12.5. The van der Waals surface area contributed by atoms with Crippen molar-refractivity contribution in [1.82, 2.24) is 0 Å². The van der Waals surface area contributed by atoms with Crippen LogP contribution in [0.15, 0.2) is 16.6 Å². The zero-order valence-electron chi connectivity index (χ0n) is 12.2. The number of aryl methyl sites for hydroxylation is 2. The van der Waals surface area contributed by atoms with Crippen LogP contribution in [-0.4, -0.2) is 12.5 Å². The van der Waals surface area contributed by atoms with Crippen LogP contribution < -0.4 is 11.1 Å². The van der Waals surface area contributed by atoms with Gasteiger partial charge in [0.25, 0.3) is 0 Å². The number of anilines is 1. The van der Waals surface area contributed by atoms with Gasteiger partial charge < -0.3 is 11.1 Å². The number of amides is 1. The van der Waals surface area contributed by atoms with Crippen LogP contribution in [0.25, 0.3) is 0 Å². The summed E-state index contributed by atoms with van der Waals surface area (Å²) in [6.45, 7) is 4.68. The Morgan fingerprint density at radius 3 is 2.50 bits per heavy atom. The summed E-state index contributed by atoms with van der Waals surface area (Å²) in [6, 6.07) is 4.02. The molecule has 0 aliphatic heterocycles. The van der Waals surface area contributed by atoms with Crippen LogP contribution in [0.5, 0.6) is 0 Å². The summed E-state index contributed by atoms with van der Waals surface area (Å²) in [6.07, 6.45) is 4.37. The van der Waals surface area contributed by atoms with Crippen molar-refractivity contribution in [3.8, 4) is 0 Å². The minimum absolute atomic E-state index is 0.0676. The molecule has 1 amide bonds. The van der Waals surface area contributed by atoms with Crippen molar-refractivity contribution in [3.63, 3.8) is 0 Å². The molecule has 0 bridgehead atoms. The summed E-state index contributed by atoms with van der Waals surface area (Å²) < 4.78 is 1.10. The number of hydrogen-bond acceptors (Lipinski definition) is 2. The second-order valence-electron chi connectivity index (χ2n) is 5.80. The van der Waals surface area contributed by atoms with E-state index in [0.717, 1.165) is 40.5 Å². The van der Waals surface area contributed by atoms with E-state index in [-0.39, 0.29) is 11.8 Å². The van der Waals surface area contributed by atoms with Gasteiger partial charge >= 0.3 is 0 Å². The highest BCUT2D eigenvalue weighted by atomic mass is 79.9. The average molecular weight is 339 g/mol. The molecule has 20 heavy (non-hydrogen) atoms. The van der Waals surface area contributed by atoms with Gasteiger partial charge in [0.1, 0.15) is 0 Å². The first kappa shape index (κ1) is 15.5. The number of benzene rings is 1. The van der Waals surface area contributed by atoms with E-state index in [1.807, 2.05) is 26.0 Å². The minimum atomic E-state index is 0.0676. The van der Waals surface area contributed by atoms with E-state index in [9.17, 15) is 4.79 Å².